The highest BCUT2D eigenvalue weighted by molar-refractivity contribution is 7.89. The summed E-state index contributed by atoms with van der Waals surface area (Å²) in [6, 6.07) is 10.9. The van der Waals surface area contributed by atoms with E-state index < -0.39 is 16.0 Å². The molecule has 7 nitrogen and oxygen atoms in total. The Kier molecular flexibility index (Phi) is 7.02. The van der Waals surface area contributed by atoms with E-state index in [1.165, 1.54) is 23.5 Å². The predicted octanol–water partition coefficient (Wildman–Crippen LogP) is 3.82. The van der Waals surface area contributed by atoms with Gasteiger partial charge in [-0.25, -0.2) is 13.2 Å². The maximum Gasteiger partial charge on any atom is 0.339 e. The summed E-state index contributed by atoms with van der Waals surface area (Å²) in [5.74, 6) is -1.34. The molecule has 0 radical (unpaired) electrons. The maximum absolute atomic E-state index is 13.1. The lowest BCUT2D eigenvalue weighted by Gasteiger charge is -2.31. The number of nitrogens with one attached hydrogen (secondary N) is 1. The molecule has 2 aromatic rings. The van der Waals surface area contributed by atoms with Crippen LogP contribution in [0, 0.1) is 5.92 Å². The molecule has 1 aliphatic heterocycles. The standard InChI is InChI=1S/C20H20Cl2N2O5S/c1-29-20(26)14-5-2-3-8-17(14)30(27,28)24-11-9-13(10-12-24)19(25)23-16-7-4-6-15(21)18(16)22/h2-8,13H,9-12H2,1H3,(H,23,25). The van der Waals surface area contributed by atoms with Crippen molar-refractivity contribution in [1.82, 2.24) is 4.31 Å². The van der Waals surface area contributed by atoms with Crippen molar-refractivity contribution in [3.05, 3.63) is 58.1 Å². The van der Waals surface area contributed by atoms with Gasteiger partial charge in [-0.1, -0.05) is 41.4 Å². The number of hydrogen-bond acceptors (Lipinski definition) is 5. The van der Waals surface area contributed by atoms with Crippen molar-refractivity contribution in [2.24, 2.45) is 5.92 Å². The topological polar surface area (TPSA) is 92.8 Å². The minimum Gasteiger partial charge on any atom is -0.465 e. The van der Waals surface area contributed by atoms with Crippen LogP contribution in [-0.4, -0.2) is 44.8 Å². The van der Waals surface area contributed by atoms with Crippen molar-refractivity contribution >= 4 is 50.8 Å². The van der Waals surface area contributed by atoms with Gasteiger partial charge >= 0.3 is 5.97 Å². The number of rotatable bonds is 5. The van der Waals surface area contributed by atoms with Gasteiger partial charge in [-0.3, -0.25) is 4.79 Å². The van der Waals surface area contributed by atoms with Crippen LogP contribution in [0.3, 0.4) is 0 Å². The normalized spacial score (nSPS) is 15.6. The molecule has 0 atom stereocenters. The molecular formula is C20H20Cl2N2O5S. The van der Waals surface area contributed by atoms with Gasteiger partial charge in [-0.2, -0.15) is 4.31 Å². The summed E-state index contributed by atoms with van der Waals surface area (Å²) < 4.78 is 32.1. The van der Waals surface area contributed by atoms with Crippen molar-refractivity contribution in [1.29, 1.82) is 0 Å². The lowest BCUT2D eigenvalue weighted by molar-refractivity contribution is -0.120. The molecule has 0 bridgehead atoms. The largest absolute Gasteiger partial charge is 0.465 e. The Morgan fingerprint density at radius 2 is 1.73 bits per heavy atom. The number of ether oxygens (including phenoxy) is 1. The smallest absolute Gasteiger partial charge is 0.339 e. The fourth-order valence-electron chi connectivity index (χ4n) is 3.30. The first-order chi connectivity index (χ1) is 14.3. The molecular weight excluding hydrogens is 451 g/mol. The second kappa shape index (κ2) is 9.34. The summed E-state index contributed by atoms with van der Waals surface area (Å²) in [7, 11) is -2.71. The first-order valence-corrected chi connectivity index (χ1v) is 11.4. The Hall–Kier alpha value is -2.13. The molecule has 10 heteroatoms. The highest BCUT2D eigenvalue weighted by atomic mass is 35.5. The molecule has 1 fully saturated rings. The molecule has 30 heavy (non-hydrogen) atoms. The molecule has 0 unspecified atom stereocenters. The van der Waals surface area contributed by atoms with Crippen LogP contribution in [0.5, 0.6) is 0 Å². The molecule has 160 valence electrons. The first kappa shape index (κ1) is 22.6. The second-order valence-corrected chi connectivity index (χ2v) is 9.45. The van der Waals surface area contributed by atoms with E-state index in [2.05, 4.69) is 10.1 Å². The zero-order valence-corrected chi connectivity index (χ0v) is 18.4. The number of piperidine rings is 1. The molecule has 1 heterocycles. The van der Waals surface area contributed by atoms with Crippen molar-refractivity contribution in [3.8, 4) is 0 Å². The van der Waals surface area contributed by atoms with Crippen molar-refractivity contribution < 1.29 is 22.7 Å². The van der Waals surface area contributed by atoms with E-state index in [-0.39, 0.29) is 40.4 Å². The molecule has 0 aromatic heterocycles. The summed E-state index contributed by atoms with van der Waals surface area (Å²) in [6.45, 7) is 0.304. The van der Waals surface area contributed by atoms with Crippen LogP contribution >= 0.6 is 23.2 Å². The SMILES string of the molecule is COC(=O)c1ccccc1S(=O)(=O)N1CCC(C(=O)Nc2cccc(Cl)c2Cl)CC1. The highest BCUT2D eigenvalue weighted by Crippen LogP contribution is 2.31. The molecule has 0 spiro atoms. The minimum atomic E-state index is -3.91. The van der Waals surface area contributed by atoms with E-state index in [1.54, 1.807) is 30.3 Å². The third-order valence-electron chi connectivity index (χ3n) is 4.94. The van der Waals surface area contributed by atoms with Crippen LogP contribution in [0.4, 0.5) is 5.69 Å². The number of carbonyl (C=O) groups excluding carboxylic acids is 2. The fraction of sp³-hybridized carbons (Fsp3) is 0.300. The van der Waals surface area contributed by atoms with Crippen molar-refractivity contribution in [3.63, 3.8) is 0 Å². The van der Waals surface area contributed by atoms with Gasteiger partial charge < -0.3 is 10.1 Å². The average molecular weight is 471 g/mol. The van der Waals surface area contributed by atoms with Crippen LogP contribution in [-0.2, 0) is 19.6 Å². The quantitative estimate of drug-likeness (QED) is 0.670. The van der Waals surface area contributed by atoms with Gasteiger partial charge in [-0.15, -0.1) is 0 Å². The van der Waals surface area contributed by atoms with Gasteiger partial charge in [0.1, 0.15) is 0 Å². The number of amides is 1. The fourth-order valence-corrected chi connectivity index (χ4v) is 5.30. The van der Waals surface area contributed by atoms with Crippen molar-refractivity contribution in [2.45, 2.75) is 17.7 Å². The van der Waals surface area contributed by atoms with Gasteiger partial charge in [0.15, 0.2) is 0 Å². The number of hydrogen-bond donors (Lipinski definition) is 1. The summed E-state index contributed by atoms with van der Waals surface area (Å²) in [5.41, 5.74) is 0.395. The zero-order valence-electron chi connectivity index (χ0n) is 16.1. The van der Waals surface area contributed by atoms with Crippen LogP contribution in [0.25, 0.3) is 0 Å². The number of halogens is 2. The van der Waals surface area contributed by atoms with Crippen LogP contribution < -0.4 is 5.32 Å². The lowest BCUT2D eigenvalue weighted by Crippen LogP contribution is -2.41. The van der Waals surface area contributed by atoms with Crippen LogP contribution in [0.2, 0.25) is 10.0 Å². The number of sulfonamides is 1. The maximum atomic E-state index is 13.1. The zero-order chi connectivity index (χ0) is 21.9. The molecule has 1 saturated heterocycles. The Morgan fingerprint density at radius 1 is 1.07 bits per heavy atom. The van der Waals surface area contributed by atoms with Crippen LogP contribution in [0.15, 0.2) is 47.4 Å². The molecule has 0 aliphatic carbocycles. The van der Waals surface area contributed by atoms with Gasteiger partial charge in [0, 0.05) is 19.0 Å². The summed E-state index contributed by atoms with van der Waals surface area (Å²) in [6.07, 6.45) is 0.674. The van der Waals surface area contributed by atoms with E-state index in [0.717, 1.165) is 0 Å². The van der Waals surface area contributed by atoms with E-state index in [4.69, 9.17) is 23.2 Å². The summed E-state index contributed by atoms with van der Waals surface area (Å²) in [4.78, 5) is 24.4. The number of nitrogens with zero attached hydrogens (tertiary/aromatic N) is 1. The second-order valence-electron chi connectivity index (χ2n) is 6.76. The van der Waals surface area contributed by atoms with Gasteiger partial charge in [0.25, 0.3) is 0 Å². The number of benzene rings is 2. The molecule has 1 N–H and O–H groups in total. The lowest BCUT2D eigenvalue weighted by atomic mass is 9.97. The Morgan fingerprint density at radius 3 is 2.40 bits per heavy atom. The molecule has 2 aromatic carbocycles. The van der Waals surface area contributed by atoms with Crippen LogP contribution in [0.1, 0.15) is 23.2 Å². The van der Waals surface area contributed by atoms with Crippen molar-refractivity contribution in [2.75, 3.05) is 25.5 Å². The number of esters is 1. The third kappa shape index (κ3) is 4.62. The minimum absolute atomic E-state index is 0.0181. The first-order valence-electron chi connectivity index (χ1n) is 9.18. The van der Waals surface area contributed by atoms with E-state index in [9.17, 15) is 18.0 Å². The molecule has 3 rings (SSSR count). The summed E-state index contributed by atoms with van der Waals surface area (Å²) in [5, 5.41) is 3.34. The predicted molar refractivity (Wildman–Crippen MR) is 114 cm³/mol. The number of methoxy groups -OCH3 is 1. The molecule has 0 saturated carbocycles. The van der Waals surface area contributed by atoms with Gasteiger partial charge in [-0.05, 0) is 37.1 Å². The van der Waals surface area contributed by atoms with E-state index >= 15 is 0 Å². The molecule has 1 amide bonds. The average Bonchev–Trinajstić information content (AvgIpc) is 2.76. The number of anilines is 1. The third-order valence-corrected chi connectivity index (χ3v) is 7.72. The Bertz CT molecular complexity index is 1070. The van der Waals surface area contributed by atoms with Gasteiger partial charge in [0.2, 0.25) is 15.9 Å². The monoisotopic (exact) mass is 470 g/mol. The highest BCUT2D eigenvalue weighted by Gasteiger charge is 2.34. The Balaban J connectivity index is 1.70. The molecule has 1 aliphatic rings. The van der Waals surface area contributed by atoms with Gasteiger partial charge in [0.05, 0.1) is 33.3 Å². The van der Waals surface area contributed by atoms with E-state index in [1.807, 2.05) is 0 Å². The Labute approximate surface area is 185 Å². The van der Waals surface area contributed by atoms with E-state index in [0.29, 0.717) is 23.6 Å². The summed E-state index contributed by atoms with van der Waals surface area (Å²) >= 11 is 12.1. The number of carbonyl (C=O) groups is 2.